The highest BCUT2D eigenvalue weighted by atomic mass is 35.5. The summed E-state index contributed by atoms with van der Waals surface area (Å²) in [5, 5.41) is 12.0. The topological polar surface area (TPSA) is 108 Å². The number of aromatic nitrogens is 4. The van der Waals surface area contributed by atoms with E-state index in [2.05, 4.69) is 25.5 Å². The van der Waals surface area contributed by atoms with Gasteiger partial charge < -0.3 is 14.2 Å². The number of methoxy groups -OCH3 is 1. The fraction of sp³-hybridized carbons (Fsp3) is 0.435. The van der Waals surface area contributed by atoms with E-state index in [-0.39, 0.29) is 22.8 Å². The maximum Gasteiger partial charge on any atom is 0.296 e. The molecule has 34 heavy (non-hydrogen) atoms. The summed E-state index contributed by atoms with van der Waals surface area (Å²) in [7, 11) is 1.54. The molecule has 1 unspecified atom stereocenters. The molecule has 1 amide bonds. The van der Waals surface area contributed by atoms with Crippen molar-refractivity contribution in [1.29, 1.82) is 0 Å². The number of nitrogens with one attached hydrogen (secondary N) is 1. The second-order valence-electron chi connectivity index (χ2n) is 8.55. The van der Waals surface area contributed by atoms with Gasteiger partial charge in [0.2, 0.25) is 5.13 Å². The molecule has 4 heterocycles. The Morgan fingerprint density at radius 1 is 1.21 bits per heavy atom. The Morgan fingerprint density at radius 2 is 2.03 bits per heavy atom. The number of ether oxygens (including phenoxy) is 3. The molecule has 0 bridgehead atoms. The molecule has 1 aliphatic carbocycles. The summed E-state index contributed by atoms with van der Waals surface area (Å²) in [6, 6.07) is 3.46. The Balaban J connectivity index is 1.32. The van der Waals surface area contributed by atoms with Crippen LogP contribution in [0, 0.1) is 6.92 Å². The predicted molar refractivity (Wildman–Crippen MR) is 128 cm³/mol. The van der Waals surface area contributed by atoms with Gasteiger partial charge >= 0.3 is 0 Å². The molecule has 2 fully saturated rings. The van der Waals surface area contributed by atoms with Gasteiger partial charge in [-0.2, -0.15) is 0 Å². The number of carbonyl (C=O) groups is 1. The number of halogens is 1. The van der Waals surface area contributed by atoms with E-state index in [4.69, 9.17) is 25.8 Å². The molecule has 11 heteroatoms. The molecule has 2 aliphatic rings. The Morgan fingerprint density at radius 3 is 2.82 bits per heavy atom. The van der Waals surface area contributed by atoms with Crippen molar-refractivity contribution in [3.05, 3.63) is 40.9 Å². The van der Waals surface area contributed by atoms with Crippen LogP contribution in [-0.4, -0.2) is 51.5 Å². The summed E-state index contributed by atoms with van der Waals surface area (Å²) in [4.78, 5) is 21.5. The lowest BCUT2D eigenvalue weighted by Gasteiger charge is -2.20. The number of nitrogens with zero attached hydrogens (tertiary/aromatic N) is 4. The van der Waals surface area contributed by atoms with Crippen molar-refractivity contribution in [2.45, 2.75) is 50.7 Å². The minimum atomic E-state index is -0.380. The van der Waals surface area contributed by atoms with E-state index in [9.17, 15) is 4.79 Å². The average Bonchev–Trinajstić information content (AvgIpc) is 3.57. The van der Waals surface area contributed by atoms with Crippen molar-refractivity contribution in [1.82, 2.24) is 20.2 Å². The summed E-state index contributed by atoms with van der Waals surface area (Å²) < 4.78 is 17.5. The number of anilines is 1. The number of pyridine rings is 2. The summed E-state index contributed by atoms with van der Waals surface area (Å²) in [6.07, 6.45) is 8.43. The number of aryl methyl sites for hydroxylation is 1. The first kappa shape index (κ1) is 22.9. The molecule has 1 spiro atoms. The van der Waals surface area contributed by atoms with Crippen LogP contribution < -0.4 is 14.8 Å². The van der Waals surface area contributed by atoms with E-state index < -0.39 is 0 Å². The maximum atomic E-state index is 13.2. The van der Waals surface area contributed by atoms with Crippen LogP contribution in [0.25, 0.3) is 11.1 Å². The average molecular weight is 502 g/mol. The molecule has 1 N–H and O–H groups in total. The van der Waals surface area contributed by atoms with E-state index in [0.29, 0.717) is 39.4 Å². The molecule has 1 saturated carbocycles. The van der Waals surface area contributed by atoms with Gasteiger partial charge in [0.25, 0.3) is 11.1 Å². The van der Waals surface area contributed by atoms with E-state index >= 15 is 0 Å². The van der Waals surface area contributed by atoms with Crippen LogP contribution in [0.1, 0.15) is 48.2 Å². The molecule has 3 aromatic rings. The summed E-state index contributed by atoms with van der Waals surface area (Å²) in [6.45, 7) is 2.40. The second-order valence-corrected chi connectivity index (χ2v) is 9.88. The number of carbonyl (C=O) groups excluding carboxylic acids is 1. The number of rotatable bonds is 6. The fourth-order valence-corrected chi connectivity index (χ4v) is 5.43. The van der Waals surface area contributed by atoms with Gasteiger partial charge in [0.05, 0.1) is 31.1 Å². The van der Waals surface area contributed by atoms with Crippen molar-refractivity contribution in [2.24, 2.45) is 0 Å². The number of hydrogen-bond donors (Lipinski definition) is 1. The Labute approximate surface area is 205 Å². The molecule has 3 aromatic heterocycles. The van der Waals surface area contributed by atoms with Crippen molar-refractivity contribution in [3.63, 3.8) is 0 Å². The molecular formula is C23H24ClN5O4S. The Bertz CT molecular complexity index is 1210. The highest BCUT2D eigenvalue weighted by Gasteiger charge is 2.43. The van der Waals surface area contributed by atoms with Gasteiger partial charge in [-0.1, -0.05) is 29.5 Å². The fourth-order valence-electron chi connectivity index (χ4n) is 4.61. The molecule has 1 atom stereocenters. The second kappa shape index (κ2) is 9.44. The first-order chi connectivity index (χ1) is 16.4. The monoisotopic (exact) mass is 501 g/mol. The molecular weight excluding hydrogens is 478 g/mol. The van der Waals surface area contributed by atoms with Gasteiger partial charge in [0, 0.05) is 29.4 Å². The minimum Gasteiger partial charge on any atom is -0.494 e. The third kappa shape index (κ3) is 4.70. The van der Waals surface area contributed by atoms with Crippen LogP contribution in [0.2, 0.25) is 5.15 Å². The third-order valence-corrected chi connectivity index (χ3v) is 7.15. The van der Waals surface area contributed by atoms with Gasteiger partial charge in [0.1, 0.15) is 17.0 Å². The maximum absolute atomic E-state index is 13.2. The normalized spacial score (nSPS) is 18.9. The largest absolute Gasteiger partial charge is 0.494 e. The first-order valence-electron chi connectivity index (χ1n) is 11.1. The lowest BCUT2D eigenvalue weighted by atomic mass is 9.97. The third-order valence-electron chi connectivity index (χ3n) is 6.21. The standard InChI is InChI=1S/C23H24ClN5O4S/c1-13-7-15(16-8-19(24)26-11-18(16)31-2)17(10-25-13)20(30)27-21-28-29-22(34-21)33-14-9-23(32-12-14)5-3-4-6-23/h7-8,10-11,14H,3-6,9,12H2,1-2H3,(H,27,28,30). The summed E-state index contributed by atoms with van der Waals surface area (Å²) >= 11 is 7.30. The van der Waals surface area contributed by atoms with Gasteiger partial charge in [0.15, 0.2) is 0 Å². The molecule has 178 valence electrons. The lowest BCUT2D eigenvalue weighted by Crippen LogP contribution is -2.24. The highest BCUT2D eigenvalue weighted by Crippen LogP contribution is 2.42. The first-order valence-corrected chi connectivity index (χ1v) is 12.3. The van der Waals surface area contributed by atoms with Crippen molar-refractivity contribution < 1.29 is 19.0 Å². The molecule has 0 radical (unpaired) electrons. The quantitative estimate of drug-likeness (QED) is 0.484. The van der Waals surface area contributed by atoms with Gasteiger partial charge in [-0.15, -0.1) is 5.10 Å². The van der Waals surface area contributed by atoms with E-state index in [0.717, 1.165) is 25.0 Å². The summed E-state index contributed by atoms with van der Waals surface area (Å²) in [5.74, 6) is 0.115. The SMILES string of the molecule is COc1cnc(Cl)cc1-c1cc(C)ncc1C(=O)Nc1nnc(OC2COC3(CCCC3)C2)s1. The van der Waals surface area contributed by atoms with E-state index in [1.807, 2.05) is 6.92 Å². The molecule has 1 saturated heterocycles. The minimum absolute atomic E-state index is 0.0296. The summed E-state index contributed by atoms with van der Waals surface area (Å²) in [5.41, 5.74) is 2.32. The predicted octanol–water partition coefficient (Wildman–Crippen LogP) is 4.70. The van der Waals surface area contributed by atoms with Crippen molar-refractivity contribution in [3.8, 4) is 22.1 Å². The van der Waals surface area contributed by atoms with Gasteiger partial charge in [-0.25, -0.2) is 4.98 Å². The molecule has 5 rings (SSSR count). The number of hydrogen-bond acceptors (Lipinski definition) is 9. The van der Waals surface area contributed by atoms with E-state index in [1.54, 1.807) is 12.1 Å². The van der Waals surface area contributed by atoms with Crippen LogP contribution in [0.15, 0.2) is 24.5 Å². The Hall–Kier alpha value is -2.82. The van der Waals surface area contributed by atoms with E-state index in [1.165, 1.54) is 43.7 Å². The zero-order chi connectivity index (χ0) is 23.7. The van der Waals surface area contributed by atoms with Crippen LogP contribution >= 0.6 is 22.9 Å². The van der Waals surface area contributed by atoms with Crippen LogP contribution in [0.3, 0.4) is 0 Å². The van der Waals surface area contributed by atoms with Crippen LogP contribution in [-0.2, 0) is 4.74 Å². The van der Waals surface area contributed by atoms with Gasteiger partial charge in [-0.05, 0) is 43.2 Å². The van der Waals surface area contributed by atoms with Crippen molar-refractivity contribution >= 4 is 34.0 Å². The highest BCUT2D eigenvalue weighted by molar-refractivity contribution is 7.17. The Kier molecular flexibility index (Phi) is 6.37. The van der Waals surface area contributed by atoms with Gasteiger partial charge in [-0.3, -0.25) is 15.1 Å². The molecule has 1 aliphatic heterocycles. The molecule has 0 aromatic carbocycles. The van der Waals surface area contributed by atoms with Crippen molar-refractivity contribution in [2.75, 3.05) is 19.0 Å². The van der Waals surface area contributed by atoms with Crippen LogP contribution in [0.5, 0.6) is 10.9 Å². The smallest absolute Gasteiger partial charge is 0.296 e. The zero-order valence-electron chi connectivity index (χ0n) is 18.8. The zero-order valence-corrected chi connectivity index (χ0v) is 20.4. The molecule has 9 nitrogen and oxygen atoms in total. The lowest BCUT2D eigenvalue weighted by molar-refractivity contribution is 0.00768. The van der Waals surface area contributed by atoms with Crippen LogP contribution in [0.4, 0.5) is 5.13 Å². The number of amides is 1.